The van der Waals surface area contributed by atoms with Gasteiger partial charge in [0.2, 0.25) is 0 Å². The molecule has 37 heavy (non-hydrogen) atoms. The Hall–Kier alpha value is -4.02. The highest BCUT2D eigenvalue weighted by atomic mass is 32.2. The maximum atomic E-state index is 13.7. The first kappa shape index (κ1) is 24.7. The summed E-state index contributed by atoms with van der Waals surface area (Å²) >= 11 is 0. The third-order valence-electron chi connectivity index (χ3n) is 6.55. The first-order valence-electron chi connectivity index (χ1n) is 11.6. The molecule has 4 aromatic rings. The molecule has 0 spiro atoms. The van der Waals surface area contributed by atoms with Crippen molar-refractivity contribution in [3.05, 3.63) is 101 Å². The Kier molecular flexibility index (Phi) is 6.30. The summed E-state index contributed by atoms with van der Waals surface area (Å²) in [4.78, 5) is 19.2. The van der Waals surface area contributed by atoms with Gasteiger partial charge in [-0.1, -0.05) is 42.5 Å². The Labute approximate surface area is 214 Å². The topological polar surface area (TPSA) is 94.0 Å². The van der Waals surface area contributed by atoms with E-state index in [4.69, 9.17) is 0 Å². The number of benzene rings is 3. The van der Waals surface area contributed by atoms with Crippen LogP contribution < -0.4 is 4.31 Å². The van der Waals surface area contributed by atoms with Gasteiger partial charge < -0.3 is 10.0 Å². The van der Waals surface area contributed by atoms with E-state index in [-0.39, 0.29) is 48.0 Å². The number of aromatic hydroxyl groups is 1. The molecule has 0 radical (unpaired) electrons. The third-order valence-corrected chi connectivity index (χ3v) is 8.34. The molecule has 0 saturated carbocycles. The standard InChI is InChI=1S/C27H25FN4O4S/c1-30(15-18-7-4-3-5-8-18)37(35,36)31(2)25-21-9-6-14-29-24(21)26(33)23-22(25)17-32(27(23)34)16-19-10-12-20(28)13-11-19/h3-14,33H,15-17H2,1-2H3. The molecule has 0 atom stereocenters. The molecule has 1 aliphatic heterocycles. The van der Waals surface area contributed by atoms with Crippen molar-refractivity contribution in [2.24, 2.45) is 0 Å². The summed E-state index contributed by atoms with van der Waals surface area (Å²) in [5.74, 6) is -1.12. The van der Waals surface area contributed by atoms with E-state index in [1.54, 1.807) is 24.3 Å². The molecule has 1 aliphatic rings. The van der Waals surface area contributed by atoms with E-state index in [2.05, 4.69) is 4.98 Å². The fourth-order valence-corrected chi connectivity index (χ4v) is 5.85. The Balaban J connectivity index is 1.58. The lowest BCUT2D eigenvalue weighted by Gasteiger charge is -2.28. The van der Waals surface area contributed by atoms with Crippen LogP contribution >= 0.6 is 0 Å². The quantitative estimate of drug-likeness (QED) is 0.397. The van der Waals surface area contributed by atoms with Crippen molar-refractivity contribution in [2.75, 3.05) is 18.4 Å². The molecule has 3 aromatic carbocycles. The van der Waals surface area contributed by atoms with Crippen molar-refractivity contribution in [2.45, 2.75) is 19.6 Å². The summed E-state index contributed by atoms with van der Waals surface area (Å²) in [5, 5.41) is 11.4. The van der Waals surface area contributed by atoms with Crippen LogP contribution in [0.25, 0.3) is 10.9 Å². The SMILES string of the molecule is CN(Cc1ccccc1)S(=O)(=O)N(C)c1c2c(c(O)c3ncccc13)C(=O)N(Cc1ccc(F)cc1)C2. The molecule has 0 aliphatic carbocycles. The molecule has 0 bridgehead atoms. The lowest BCUT2D eigenvalue weighted by molar-refractivity contribution is 0.0764. The lowest BCUT2D eigenvalue weighted by Crippen LogP contribution is -2.40. The van der Waals surface area contributed by atoms with Gasteiger partial charge in [-0.15, -0.1) is 0 Å². The number of hydrogen-bond acceptors (Lipinski definition) is 5. The molecular weight excluding hydrogens is 495 g/mol. The number of phenolic OH excluding ortho intramolecular Hbond substituents is 1. The molecule has 5 rings (SSSR count). The summed E-state index contributed by atoms with van der Waals surface area (Å²) < 4.78 is 43.1. The van der Waals surface area contributed by atoms with Crippen LogP contribution in [-0.2, 0) is 29.8 Å². The van der Waals surface area contributed by atoms with Gasteiger partial charge in [-0.05, 0) is 35.4 Å². The highest BCUT2D eigenvalue weighted by molar-refractivity contribution is 7.90. The fraction of sp³-hybridized carbons (Fsp3) is 0.185. The second kappa shape index (κ2) is 9.45. The van der Waals surface area contributed by atoms with Gasteiger partial charge in [0.05, 0.1) is 11.3 Å². The van der Waals surface area contributed by atoms with Gasteiger partial charge in [0.25, 0.3) is 5.91 Å². The molecule has 1 aromatic heterocycles. The molecule has 0 fully saturated rings. The van der Waals surface area contributed by atoms with Gasteiger partial charge in [-0.25, -0.2) is 4.39 Å². The van der Waals surface area contributed by atoms with Crippen LogP contribution in [0, 0.1) is 5.82 Å². The first-order chi connectivity index (χ1) is 17.7. The number of aromatic nitrogens is 1. The zero-order chi connectivity index (χ0) is 26.3. The van der Waals surface area contributed by atoms with Crippen LogP contribution in [0.15, 0.2) is 72.9 Å². The van der Waals surface area contributed by atoms with Gasteiger partial charge in [0.15, 0.2) is 5.75 Å². The van der Waals surface area contributed by atoms with E-state index < -0.39 is 16.1 Å². The summed E-state index contributed by atoms with van der Waals surface area (Å²) in [5.41, 5.74) is 2.37. The smallest absolute Gasteiger partial charge is 0.303 e. The maximum absolute atomic E-state index is 13.7. The number of rotatable bonds is 7. The predicted octanol–water partition coefficient (Wildman–Crippen LogP) is 4.05. The molecule has 190 valence electrons. The lowest BCUT2D eigenvalue weighted by atomic mass is 10.0. The summed E-state index contributed by atoms with van der Waals surface area (Å²) in [7, 11) is -1.10. The average molecular weight is 521 g/mol. The van der Waals surface area contributed by atoms with Crippen molar-refractivity contribution in [3.8, 4) is 5.75 Å². The first-order valence-corrected chi connectivity index (χ1v) is 13.0. The van der Waals surface area contributed by atoms with Crippen molar-refractivity contribution in [1.82, 2.24) is 14.2 Å². The van der Waals surface area contributed by atoms with Gasteiger partial charge in [0, 0.05) is 50.9 Å². The Morgan fingerprint density at radius 1 is 1.00 bits per heavy atom. The van der Waals surface area contributed by atoms with E-state index in [0.717, 1.165) is 9.87 Å². The van der Waals surface area contributed by atoms with Crippen molar-refractivity contribution in [1.29, 1.82) is 0 Å². The fourth-order valence-electron chi connectivity index (χ4n) is 4.68. The average Bonchev–Trinajstić information content (AvgIpc) is 3.21. The molecule has 2 heterocycles. The van der Waals surface area contributed by atoms with E-state index in [9.17, 15) is 22.7 Å². The Bertz CT molecular complexity index is 1590. The number of phenols is 1. The van der Waals surface area contributed by atoms with Crippen molar-refractivity contribution < 1.29 is 22.7 Å². The van der Waals surface area contributed by atoms with Gasteiger partial charge in [-0.2, -0.15) is 12.7 Å². The number of fused-ring (bicyclic) bond motifs is 2. The molecule has 10 heteroatoms. The second-order valence-corrected chi connectivity index (χ2v) is 11.0. The number of amides is 1. The minimum Gasteiger partial charge on any atom is -0.505 e. The summed E-state index contributed by atoms with van der Waals surface area (Å²) in [6.45, 7) is 0.391. The van der Waals surface area contributed by atoms with Crippen LogP contribution in [-0.4, -0.2) is 47.7 Å². The number of nitrogens with zero attached hydrogens (tertiary/aromatic N) is 4. The number of carbonyl (C=O) groups is 1. The van der Waals surface area contributed by atoms with Gasteiger partial charge >= 0.3 is 10.2 Å². The second-order valence-electron chi connectivity index (χ2n) is 8.95. The van der Waals surface area contributed by atoms with E-state index in [1.165, 1.54) is 41.6 Å². The summed E-state index contributed by atoms with van der Waals surface area (Å²) in [6, 6.07) is 18.3. The van der Waals surface area contributed by atoms with Crippen molar-refractivity contribution >= 4 is 32.7 Å². The zero-order valence-corrected chi connectivity index (χ0v) is 21.1. The molecule has 0 unspecified atom stereocenters. The Morgan fingerprint density at radius 2 is 1.70 bits per heavy atom. The number of hydrogen-bond donors (Lipinski definition) is 1. The largest absolute Gasteiger partial charge is 0.505 e. The monoisotopic (exact) mass is 520 g/mol. The highest BCUT2D eigenvalue weighted by Crippen LogP contribution is 2.44. The van der Waals surface area contributed by atoms with Gasteiger partial charge in [0.1, 0.15) is 11.3 Å². The normalized spacial score (nSPS) is 13.4. The molecule has 8 nitrogen and oxygen atoms in total. The number of anilines is 1. The maximum Gasteiger partial charge on any atom is 0.303 e. The zero-order valence-electron chi connectivity index (χ0n) is 20.3. The van der Waals surface area contributed by atoms with E-state index in [1.807, 2.05) is 30.3 Å². The number of pyridine rings is 1. The van der Waals surface area contributed by atoms with E-state index in [0.29, 0.717) is 16.5 Å². The van der Waals surface area contributed by atoms with E-state index >= 15 is 0 Å². The van der Waals surface area contributed by atoms with Crippen LogP contribution in [0.5, 0.6) is 5.75 Å². The minimum atomic E-state index is -4.03. The molecule has 0 saturated heterocycles. The predicted molar refractivity (Wildman–Crippen MR) is 139 cm³/mol. The van der Waals surface area contributed by atoms with Crippen LogP contribution in [0.2, 0.25) is 0 Å². The minimum absolute atomic E-state index is 0.0241. The van der Waals surface area contributed by atoms with Gasteiger partial charge in [-0.3, -0.25) is 14.1 Å². The van der Waals surface area contributed by atoms with Crippen LogP contribution in [0.4, 0.5) is 10.1 Å². The van der Waals surface area contributed by atoms with Crippen LogP contribution in [0.3, 0.4) is 0 Å². The molecule has 1 amide bonds. The molecule has 1 N–H and O–H groups in total. The van der Waals surface area contributed by atoms with Crippen molar-refractivity contribution in [3.63, 3.8) is 0 Å². The molecular formula is C27H25FN4O4S. The third kappa shape index (κ3) is 4.38. The number of halogens is 1. The Morgan fingerprint density at radius 3 is 2.41 bits per heavy atom. The van der Waals surface area contributed by atoms with Crippen LogP contribution in [0.1, 0.15) is 27.0 Å². The number of carbonyl (C=O) groups excluding carboxylic acids is 1. The summed E-state index contributed by atoms with van der Waals surface area (Å²) in [6.07, 6.45) is 1.48. The highest BCUT2D eigenvalue weighted by Gasteiger charge is 2.38.